The second-order valence-corrected chi connectivity index (χ2v) is 9.11. The molecule has 0 fully saturated rings. The number of ether oxygens (including phenoxy) is 1. The Morgan fingerprint density at radius 2 is 1.85 bits per heavy atom. The Morgan fingerprint density at radius 3 is 2.59 bits per heavy atom. The third kappa shape index (κ3) is 3.17. The molecule has 5 rings (SSSR count). The molecule has 170 valence electrons. The highest BCUT2D eigenvalue weighted by atomic mass is 79.9. The van der Waals surface area contributed by atoms with Gasteiger partial charge in [0.25, 0.3) is 5.56 Å². The van der Waals surface area contributed by atoms with Crippen molar-refractivity contribution in [1.82, 2.24) is 4.57 Å². The van der Waals surface area contributed by atoms with Crippen molar-refractivity contribution in [1.29, 1.82) is 0 Å². The van der Waals surface area contributed by atoms with Crippen LogP contribution in [0.5, 0.6) is 11.5 Å². The Balaban J connectivity index is 1.75. The van der Waals surface area contributed by atoms with Gasteiger partial charge in [0.2, 0.25) is 11.2 Å². The Morgan fingerprint density at radius 1 is 1.12 bits per heavy atom. The molecule has 0 bridgehead atoms. The SMILES string of the molecule is CCn1c(=O)c2c(c3ccccc31)OC(=O)/C(=C/c1coc3cc(Br)c(O)c(Br)c3c1=O)C2=O. The number of benzene rings is 2. The number of aromatic hydroxyl groups is 1. The fourth-order valence-corrected chi connectivity index (χ4v) is 5.23. The summed E-state index contributed by atoms with van der Waals surface area (Å²) < 4.78 is 12.8. The van der Waals surface area contributed by atoms with Crippen molar-refractivity contribution in [2.24, 2.45) is 0 Å². The largest absolute Gasteiger partial charge is 0.506 e. The van der Waals surface area contributed by atoms with Crippen molar-refractivity contribution in [3.63, 3.8) is 0 Å². The van der Waals surface area contributed by atoms with Gasteiger partial charge in [-0.15, -0.1) is 0 Å². The van der Waals surface area contributed by atoms with Crippen molar-refractivity contribution in [3.05, 3.63) is 82.8 Å². The molecule has 34 heavy (non-hydrogen) atoms. The number of carbonyl (C=O) groups is 2. The number of carbonyl (C=O) groups excluding carboxylic acids is 2. The summed E-state index contributed by atoms with van der Waals surface area (Å²) in [6.45, 7) is 2.07. The molecule has 0 saturated carbocycles. The van der Waals surface area contributed by atoms with Gasteiger partial charge in [-0.2, -0.15) is 0 Å². The first-order valence-corrected chi connectivity index (χ1v) is 11.6. The number of esters is 1. The van der Waals surface area contributed by atoms with Crippen LogP contribution in [0.4, 0.5) is 0 Å². The van der Waals surface area contributed by atoms with Crippen LogP contribution in [0.3, 0.4) is 0 Å². The molecule has 0 atom stereocenters. The lowest BCUT2D eigenvalue weighted by atomic mass is 9.97. The number of aryl methyl sites for hydroxylation is 1. The van der Waals surface area contributed by atoms with Crippen LogP contribution >= 0.6 is 31.9 Å². The Bertz CT molecular complexity index is 1730. The molecule has 8 nitrogen and oxygen atoms in total. The van der Waals surface area contributed by atoms with E-state index in [1.165, 1.54) is 10.6 Å². The number of aromatic nitrogens is 1. The number of pyridine rings is 1. The molecule has 4 aromatic rings. The zero-order valence-electron chi connectivity index (χ0n) is 17.3. The molecule has 0 spiro atoms. The molecule has 0 saturated heterocycles. The lowest BCUT2D eigenvalue weighted by molar-refractivity contribution is -0.129. The fraction of sp³-hybridized carbons (Fsp3) is 0.0833. The molecule has 3 heterocycles. The van der Waals surface area contributed by atoms with Crippen molar-refractivity contribution in [2.45, 2.75) is 13.5 Å². The number of fused-ring (bicyclic) bond motifs is 4. The number of rotatable bonds is 2. The van der Waals surface area contributed by atoms with Crippen LogP contribution in [0.1, 0.15) is 22.8 Å². The Labute approximate surface area is 207 Å². The molecule has 1 aliphatic rings. The summed E-state index contributed by atoms with van der Waals surface area (Å²) in [4.78, 5) is 52.4. The van der Waals surface area contributed by atoms with E-state index in [2.05, 4.69) is 31.9 Å². The lowest BCUT2D eigenvalue weighted by Gasteiger charge is -2.20. The predicted octanol–water partition coefficient (Wildman–Crippen LogP) is 4.54. The van der Waals surface area contributed by atoms with Crippen LogP contribution in [-0.2, 0) is 11.3 Å². The zero-order valence-corrected chi connectivity index (χ0v) is 20.5. The monoisotopic (exact) mass is 585 g/mol. The first kappa shape index (κ1) is 22.3. The molecule has 0 amide bonds. The van der Waals surface area contributed by atoms with E-state index in [0.717, 1.165) is 12.3 Å². The smallest absolute Gasteiger partial charge is 0.347 e. The summed E-state index contributed by atoms with van der Waals surface area (Å²) in [7, 11) is 0. The average molecular weight is 587 g/mol. The van der Waals surface area contributed by atoms with Crippen molar-refractivity contribution in [3.8, 4) is 11.5 Å². The maximum Gasteiger partial charge on any atom is 0.347 e. The van der Waals surface area contributed by atoms with Gasteiger partial charge in [-0.05, 0) is 63.1 Å². The standard InChI is InChI=1S/C24H13Br2NO7/c1-2-27-14-6-4-3-5-11(14)22-17(23(27)31)20(29)12(24(32)34-22)7-10-9-33-15-8-13(25)21(30)18(26)16(15)19(10)28/h3-9,30H,2H2,1H3/b12-7+. The van der Waals surface area contributed by atoms with Crippen LogP contribution in [0.15, 0.2) is 65.1 Å². The van der Waals surface area contributed by atoms with Crippen LogP contribution in [0.25, 0.3) is 27.9 Å². The second-order valence-electron chi connectivity index (χ2n) is 7.46. The number of Topliss-reactive ketones (excluding diaryl/α,β-unsaturated/α-hetero) is 1. The zero-order chi connectivity index (χ0) is 24.3. The molecule has 1 N–H and O–H groups in total. The Hall–Kier alpha value is -3.50. The van der Waals surface area contributed by atoms with Gasteiger partial charge in [-0.3, -0.25) is 14.4 Å². The van der Waals surface area contributed by atoms with E-state index in [9.17, 15) is 24.3 Å². The molecular formula is C24H13Br2NO7. The van der Waals surface area contributed by atoms with Gasteiger partial charge in [0.15, 0.2) is 5.75 Å². The first-order chi connectivity index (χ1) is 16.2. The first-order valence-electron chi connectivity index (χ1n) is 10.0. The summed E-state index contributed by atoms with van der Waals surface area (Å²) in [6, 6.07) is 8.24. The van der Waals surface area contributed by atoms with Crippen molar-refractivity contribution < 1.29 is 23.8 Å². The van der Waals surface area contributed by atoms with Gasteiger partial charge in [-0.1, -0.05) is 12.1 Å². The summed E-state index contributed by atoms with van der Waals surface area (Å²) in [5.74, 6) is -2.14. The molecular weight excluding hydrogens is 574 g/mol. The molecule has 0 aliphatic carbocycles. The van der Waals surface area contributed by atoms with Crippen molar-refractivity contribution >= 4 is 71.6 Å². The van der Waals surface area contributed by atoms with E-state index >= 15 is 0 Å². The third-order valence-electron chi connectivity index (χ3n) is 5.59. The minimum Gasteiger partial charge on any atom is -0.506 e. The normalized spacial score (nSPS) is 14.6. The van der Waals surface area contributed by atoms with Crippen molar-refractivity contribution in [2.75, 3.05) is 0 Å². The van der Waals surface area contributed by atoms with Crippen LogP contribution in [0.2, 0.25) is 0 Å². The maximum absolute atomic E-state index is 13.3. The van der Waals surface area contributed by atoms with Gasteiger partial charge in [0.05, 0.1) is 25.4 Å². The maximum atomic E-state index is 13.3. The minimum atomic E-state index is -0.992. The summed E-state index contributed by atoms with van der Waals surface area (Å²) in [5.41, 5.74) is -1.38. The number of phenols is 1. The highest BCUT2D eigenvalue weighted by Crippen LogP contribution is 2.38. The lowest BCUT2D eigenvalue weighted by Crippen LogP contribution is -2.34. The predicted molar refractivity (Wildman–Crippen MR) is 131 cm³/mol. The van der Waals surface area contributed by atoms with E-state index in [-0.39, 0.29) is 38.1 Å². The molecule has 0 unspecified atom stereocenters. The van der Waals surface area contributed by atoms with E-state index in [1.807, 2.05) is 0 Å². The number of para-hydroxylation sites is 1. The minimum absolute atomic E-state index is 0.0198. The second kappa shape index (κ2) is 8.07. The highest BCUT2D eigenvalue weighted by Gasteiger charge is 2.36. The Kier molecular flexibility index (Phi) is 5.29. The summed E-state index contributed by atoms with van der Waals surface area (Å²) >= 11 is 6.34. The molecule has 0 radical (unpaired) electrons. The molecule has 1 aliphatic heterocycles. The summed E-state index contributed by atoms with van der Waals surface area (Å²) in [6.07, 6.45) is 2.13. The number of halogens is 2. The van der Waals surface area contributed by atoms with Crippen LogP contribution < -0.4 is 15.7 Å². The van der Waals surface area contributed by atoms with Gasteiger partial charge in [0, 0.05) is 11.9 Å². The van der Waals surface area contributed by atoms with Gasteiger partial charge >= 0.3 is 5.97 Å². The number of ketones is 1. The topological polar surface area (TPSA) is 116 Å². The number of phenolic OH excluding ortho intramolecular Hbond substituents is 1. The highest BCUT2D eigenvalue weighted by molar-refractivity contribution is 9.11. The van der Waals surface area contributed by atoms with E-state index in [4.69, 9.17) is 9.15 Å². The van der Waals surface area contributed by atoms with Crippen LogP contribution in [-0.4, -0.2) is 21.4 Å². The van der Waals surface area contributed by atoms with E-state index in [1.54, 1.807) is 31.2 Å². The van der Waals surface area contributed by atoms with Gasteiger partial charge in [-0.25, -0.2) is 4.79 Å². The molecule has 2 aromatic carbocycles. The quantitative estimate of drug-likeness (QED) is 0.208. The number of hydrogen-bond acceptors (Lipinski definition) is 7. The number of nitrogens with zero attached hydrogens (tertiary/aromatic N) is 1. The average Bonchev–Trinajstić information content (AvgIpc) is 2.81. The third-order valence-corrected chi connectivity index (χ3v) is 6.96. The van der Waals surface area contributed by atoms with Crippen LogP contribution in [0, 0.1) is 0 Å². The van der Waals surface area contributed by atoms with E-state index in [0.29, 0.717) is 21.9 Å². The van der Waals surface area contributed by atoms with Gasteiger partial charge in [0.1, 0.15) is 28.7 Å². The van der Waals surface area contributed by atoms with Gasteiger partial charge < -0.3 is 18.8 Å². The number of hydrogen-bond donors (Lipinski definition) is 1. The molecule has 10 heteroatoms. The molecule has 2 aromatic heterocycles. The summed E-state index contributed by atoms with van der Waals surface area (Å²) in [5, 5.41) is 10.6. The fourth-order valence-electron chi connectivity index (χ4n) is 3.97. The van der Waals surface area contributed by atoms with E-state index < -0.39 is 28.3 Å².